The zero-order chi connectivity index (χ0) is 17.5. The number of benzene rings is 3. The van der Waals surface area contributed by atoms with Crippen LogP contribution < -0.4 is 0 Å². The van der Waals surface area contributed by atoms with Gasteiger partial charge >= 0.3 is 0 Å². The summed E-state index contributed by atoms with van der Waals surface area (Å²) in [6.45, 7) is 2.24. The van der Waals surface area contributed by atoms with Gasteiger partial charge in [0.1, 0.15) is 0 Å². The number of rotatable bonds is 6. The molecule has 3 aromatic rings. The molecule has 25 heavy (non-hydrogen) atoms. The molecule has 0 fully saturated rings. The zero-order valence-corrected chi connectivity index (χ0v) is 15.3. The van der Waals surface area contributed by atoms with Crippen molar-refractivity contribution in [2.45, 2.75) is 26.2 Å². The van der Waals surface area contributed by atoms with Gasteiger partial charge in [-0.05, 0) is 52.8 Å². The Bertz CT molecular complexity index is 844. The lowest BCUT2D eigenvalue weighted by Crippen LogP contribution is -1.92. The first-order chi connectivity index (χ1) is 12.3. The minimum absolute atomic E-state index is 0.766. The average Bonchev–Trinajstić information content (AvgIpc) is 2.66. The van der Waals surface area contributed by atoms with Crippen LogP contribution in [0.5, 0.6) is 0 Å². The van der Waals surface area contributed by atoms with Gasteiger partial charge in [0, 0.05) is 5.02 Å². The lowest BCUT2D eigenvalue weighted by atomic mass is 9.92. The third-order valence-electron chi connectivity index (χ3n) is 4.39. The van der Waals surface area contributed by atoms with Crippen molar-refractivity contribution in [3.63, 3.8) is 0 Å². The minimum Gasteiger partial charge on any atom is -0.0843 e. The SMILES string of the molecule is CCCCc1ccccc1-c1ccccc1C=Cc1ccc(Cl)cc1. The van der Waals surface area contributed by atoms with Crippen LogP contribution in [0.3, 0.4) is 0 Å². The molecular formula is C24H23Cl. The monoisotopic (exact) mass is 346 g/mol. The molecule has 3 aromatic carbocycles. The molecule has 0 aliphatic rings. The van der Waals surface area contributed by atoms with E-state index in [2.05, 4.69) is 67.6 Å². The average molecular weight is 347 g/mol. The Morgan fingerprint density at radius 2 is 1.44 bits per heavy atom. The van der Waals surface area contributed by atoms with Gasteiger partial charge in [-0.2, -0.15) is 0 Å². The summed E-state index contributed by atoms with van der Waals surface area (Å²) in [7, 11) is 0. The van der Waals surface area contributed by atoms with Crippen LogP contribution in [0.15, 0.2) is 72.8 Å². The molecule has 0 N–H and O–H groups in total. The summed E-state index contributed by atoms with van der Waals surface area (Å²) in [6.07, 6.45) is 7.90. The van der Waals surface area contributed by atoms with Gasteiger partial charge in [0.25, 0.3) is 0 Å². The standard InChI is InChI=1S/C24H23Cl/c1-2-3-8-20-9-4-6-11-23(20)24-12-7-5-10-21(24)16-13-19-14-17-22(25)18-15-19/h4-7,9-18H,2-3,8H2,1H3. The van der Waals surface area contributed by atoms with E-state index in [0.29, 0.717) is 0 Å². The van der Waals surface area contributed by atoms with Crippen molar-refractivity contribution in [1.29, 1.82) is 0 Å². The molecule has 1 heteroatoms. The predicted octanol–water partition coefficient (Wildman–Crippen LogP) is 7.52. The second-order valence-corrected chi connectivity index (χ2v) is 6.67. The fourth-order valence-corrected chi connectivity index (χ4v) is 3.14. The zero-order valence-electron chi connectivity index (χ0n) is 14.6. The van der Waals surface area contributed by atoms with Crippen LogP contribution in [0.25, 0.3) is 23.3 Å². The van der Waals surface area contributed by atoms with Crippen molar-refractivity contribution in [3.8, 4) is 11.1 Å². The molecule has 0 aromatic heterocycles. The Hall–Kier alpha value is -2.31. The van der Waals surface area contributed by atoms with Crippen LogP contribution in [0.4, 0.5) is 0 Å². The first kappa shape index (κ1) is 17.5. The normalized spacial score (nSPS) is 11.1. The maximum atomic E-state index is 5.97. The second-order valence-electron chi connectivity index (χ2n) is 6.23. The lowest BCUT2D eigenvalue weighted by molar-refractivity contribution is 0.796. The molecule has 0 aliphatic carbocycles. The van der Waals surface area contributed by atoms with E-state index in [4.69, 9.17) is 11.6 Å². The highest BCUT2D eigenvalue weighted by atomic mass is 35.5. The van der Waals surface area contributed by atoms with Gasteiger partial charge in [-0.25, -0.2) is 0 Å². The summed E-state index contributed by atoms with van der Waals surface area (Å²) in [5.74, 6) is 0. The highest BCUT2D eigenvalue weighted by molar-refractivity contribution is 6.30. The molecule has 0 aliphatic heterocycles. The Morgan fingerprint density at radius 1 is 0.760 bits per heavy atom. The van der Waals surface area contributed by atoms with Crippen LogP contribution in [0.1, 0.15) is 36.5 Å². The molecule has 0 spiro atoms. The highest BCUT2D eigenvalue weighted by Gasteiger charge is 2.07. The number of halogens is 1. The van der Waals surface area contributed by atoms with E-state index in [-0.39, 0.29) is 0 Å². The van der Waals surface area contributed by atoms with E-state index >= 15 is 0 Å². The summed E-state index contributed by atoms with van der Waals surface area (Å²) in [6, 6.07) is 25.3. The summed E-state index contributed by atoms with van der Waals surface area (Å²) in [5.41, 5.74) is 6.45. The third kappa shape index (κ3) is 4.61. The first-order valence-corrected chi connectivity index (χ1v) is 9.26. The van der Waals surface area contributed by atoms with Crippen molar-refractivity contribution in [3.05, 3.63) is 94.5 Å². The van der Waals surface area contributed by atoms with Gasteiger partial charge in [0.05, 0.1) is 0 Å². The van der Waals surface area contributed by atoms with Crippen molar-refractivity contribution in [2.24, 2.45) is 0 Å². The highest BCUT2D eigenvalue weighted by Crippen LogP contribution is 2.29. The number of hydrogen-bond acceptors (Lipinski definition) is 0. The molecular weight excluding hydrogens is 324 g/mol. The Labute approximate surface area is 155 Å². The second kappa shape index (κ2) is 8.69. The van der Waals surface area contributed by atoms with Crippen LogP contribution in [0, 0.1) is 0 Å². The molecule has 0 saturated carbocycles. The molecule has 0 atom stereocenters. The van der Waals surface area contributed by atoms with Crippen molar-refractivity contribution < 1.29 is 0 Å². The van der Waals surface area contributed by atoms with E-state index in [1.54, 1.807) is 0 Å². The van der Waals surface area contributed by atoms with Gasteiger partial charge in [0.15, 0.2) is 0 Å². The van der Waals surface area contributed by atoms with Gasteiger partial charge in [-0.1, -0.05) is 97.8 Å². The summed E-state index contributed by atoms with van der Waals surface area (Å²) >= 11 is 5.97. The lowest BCUT2D eigenvalue weighted by Gasteiger charge is -2.12. The summed E-state index contributed by atoms with van der Waals surface area (Å²) < 4.78 is 0. The Morgan fingerprint density at radius 3 is 2.20 bits per heavy atom. The molecule has 0 radical (unpaired) electrons. The molecule has 126 valence electrons. The van der Waals surface area contributed by atoms with Gasteiger partial charge in [-0.3, -0.25) is 0 Å². The van der Waals surface area contributed by atoms with E-state index in [1.807, 2.05) is 24.3 Å². The molecule has 0 bridgehead atoms. The number of hydrogen-bond donors (Lipinski definition) is 0. The molecule has 0 unspecified atom stereocenters. The van der Waals surface area contributed by atoms with Gasteiger partial charge in [0.2, 0.25) is 0 Å². The minimum atomic E-state index is 0.766. The topological polar surface area (TPSA) is 0 Å². The van der Waals surface area contributed by atoms with Crippen LogP contribution in [0.2, 0.25) is 5.02 Å². The molecule has 0 nitrogen and oxygen atoms in total. The van der Waals surface area contributed by atoms with Crippen LogP contribution in [-0.2, 0) is 6.42 Å². The van der Waals surface area contributed by atoms with E-state index in [0.717, 1.165) is 17.0 Å². The van der Waals surface area contributed by atoms with E-state index < -0.39 is 0 Å². The number of aryl methyl sites for hydroxylation is 1. The van der Waals surface area contributed by atoms with Crippen molar-refractivity contribution >= 4 is 23.8 Å². The molecule has 3 rings (SSSR count). The first-order valence-electron chi connectivity index (χ1n) is 8.89. The predicted molar refractivity (Wildman–Crippen MR) is 111 cm³/mol. The quantitative estimate of drug-likeness (QED) is 0.405. The Balaban J connectivity index is 1.95. The maximum absolute atomic E-state index is 5.97. The molecule has 0 amide bonds. The van der Waals surface area contributed by atoms with Gasteiger partial charge < -0.3 is 0 Å². The van der Waals surface area contributed by atoms with E-state index in [9.17, 15) is 0 Å². The Kier molecular flexibility index (Phi) is 6.09. The molecule has 0 saturated heterocycles. The number of unbranched alkanes of at least 4 members (excludes halogenated alkanes) is 1. The summed E-state index contributed by atoms with van der Waals surface area (Å²) in [4.78, 5) is 0. The van der Waals surface area contributed by atoms with Crippen molar-refractivity contribution in [2.75, 3.05) is 0 Å². The van der Waals surface area contributed by atoms with Crippen LogP contribution in [-0.4, -0.2) is 0 Å². The fraction of sp³-hybridized carbons (Fsp3) is 0.167. The van der Waals surface area contributed by atoms with Gasteiger partial charge in [-0.15, -0.1) is 0 Å². The maximum Gasteiger partial charge on any atom is 0.0406 e. The fourth-order valence-electron chi connectivity index (χ4n) is 3.02. The third-order valence-corrected chi connectivity index (χ3v) is 4.65. The van der Waals surface area contributed by atoms with Crippen molar-refractivity contribution in [1.82, 2.24) is 0 Å². The van der Waals surface area contributed by atoms with Crippen LogP contribution >= 0.6 is 11.6 Å². The smallest absolute Gasteiger partial charge is 0.0406 e. The van der Waals surface area contributed by atoms with E-state index in [1.165, 1.54) is 35.1 Å². The summed E-state index contributed by atoms with van der Waals surface area (Å²) in [5, 5.41) is 0.766. The molecule has 0 heterocycles. The largest absolute Gasteiger partial charge is 0.0843 e.